The average molecular weight is 469 g/mol. The first-order valence-electron chi connectivity index (χ1n) is 7.67. The number of nitrogens with one attached hydrogen (secondary N) is 2. The maximum Gasteiger partial charge on any atom is 0.191 e. The van der Waals surface area contributed by atoms with E-state index in [1.54, 1.807) is 7.05 Å². The molecule has 2 unspecified atom stereocenters. The lowest BCUT2D eigenvalue weighted by Gasteiger charge is -2.20. The smallest absolute Gasteiger partial charge is 0.191 e. The molecule has 0 saturated heterocycles. The van der Waals surface area contributed by atoms with Gasteiger partial charge in [-0.1, -0.05) is 18.2 Å². The minimum absolute atomic E-state index is 0. The molecule has 0 aliphatic heterocycles. The number of hydrogen-bond acceptors (Lipinski definition) is 4. The summed E-state index contributed by atoms with van der Waals surface area (Å²) in [5.41, 5.74) is 0. The van der Waals surface area contributed by atoms with Crippen molar-refractivity contribution in [3.8, 4) is 5.75 Å². The maximum atomic E-state index is 11.2. The van der Waals surface area contributed by atoms with Gasteiger partial charge in [-0.2, -0.15) is 0 Å². The number of aliphatic imine (C=N–C) groups is 1. The van der Waals surface area contributed by atoms with Crippen molar-refractivity contribution in [2.75, 3.05) is 25.6 Å². The van der Waals surface area contributed by atoms with Gasteiger partial charge < -0.3 is 15.4 Å². The van der Waals surface area contributed by atoms with Crippen LogP contribution in [0, 0.1) is 0 Å². The zero-order valence-corrected chi connectivity index (χ0v) is 17.8. The number of guanidine groups is 1. The van der Waals surface area contributed by atoms with Crippen LogP contribution in [-0.4, -0.2) is 52.1 Å². The lowest BCUT2D eigenvalue weighted by Crippen LogP contribution is -2.45. The Morgan fingerprint density at radius 1 is 1.25 bits per heavy atom. The van der Waals surface area contributed by atoms with Crippen LogP contribution < -0.4 is 15.4 Å². The van der Waals surface area contributed by atoms with E-state index >= 15 is 0 Å². The molecule has 138 valence electrons. The second-order valence-corrected chi connectivity index (χ2v) is 7.92. The number of hydrogen-bond donors (Lipinski definition) is 2. The van der Waals surface area contributed by atoms with Crippen LogP contribution in [0.2, 0.25) is 0 Å². The molecule has 0 saturated carbocycles. The van der Waals surface area contributed by atoms with Crippen LogP contribution in [0.3, 0.4) is 0 Å². The van der Waals surface area contributed by atoms with Crippen LogP contribution in [-0.2, 0) is 9.84 Å². The molecule has 6 nitrogen and oxygen atoms in total. The summed E-state index contributed by atoms with van der Waals surface area (Å²) in [6.45, 7) is 4.50. The van der Waals surface area contributed by atoms with E-state index in [0.717, 1.165) is 5.75 Å². The molecule has 0 radical (unpaired) electrons. The van der Waals surface area contributed by atoms with Gasteiger partial charge in [0.2, 0.25) is 0 Å². The summed E-state index contributed by atoms with van der Waals surface area (Å²) in [5.74, 6) is 1.62. The minimum Gasteiger partial charge on any atom is -0.489 e. The summed E-state index contributed by atoms with van der Waals surface area (Å²) in [6, 6.07) is 9.65. The molecule has 0 aliphatic carbocycles. The van der Waals surface area contributed by atoms with Crippen LogP contribution in [0.25, 0.3) is 0 Å². The summed E-state index contributed by atoms with van der Waals surface area (Å²) in [5, 5.41) is 6.36. The summed E-state index contributed by atoms with van der Waals surface area (Å²) >= 11 is 0. The van der Waals surface area contributed by atoms with Crippen LogP contribution in [0.15, 0.2) is 35.3 Å². The third kappa shape index (κ3) is 10.7. The Morgan fingerprint density at radius 2 is 1.88 bits per heavy atom. The van der Waals surface area contributed by atoms with Gasteiger partial charge in [0.25, 0.3) is 0 Å². The van der Waals surface area contributed by atoms with Crippen molar-refractivity contribution in [1.29, 1.82) is 0 Å². The lowest BCUT2D eigenvalue weighted by molar-refractivity contribution is 0.223. The number of benzene rings is 1. The molecule has 0 aliphatic rings. The Kier molecular flexibility index (Phi) is 11.0. The third-order valence-electron chi connectivity index (χ3n) is 3.17. The molecule has 0 aromatic heterocycles. The van der Waals surface area contributed by atoms with Crippen molar-refractivity contribution >= 4 is 39.8 Å². The number of halogens is 1. The number of sulfone groups is 1. The largest absolute Gasteiger partial charge is 0.489 e. The van der Waals surface area contributed by atoms with E-state index in [4.69, 9.17) is 4.74 Å². The zero-order chi connectivity index (χ0) is 17.3. The van der Waals surface area contributed by atoms with E-state index in [-0.39, 0.29) is 41.9 Å². The van der Waals surface area contributed by atoms with Gasteiger partial charge in [0.15, 0.2) is 5.96 Å². The normalized spacial score (nSPS) is 14.2. The van der Waals surface area contributed by atoms with Gasteiger partial charge in [0.1, 0.15) is 21.7 Å². The minimum atomic E-state index is -2.94. The van der Waals surface area contributed by atoms with Crippen LogP contribution >= 0.6 is 24.0 Å². The van der Waals surface area contributed by atoms with Gasteiger partial charge in [-0.15, -0.1) is 24.0 Å². The van der Waals surface area contributed by atoms with Crippen molar-refractivity contribution in [1.82, 2.24) is 10.6 Å². The number of ether oxygens (including phenoxy) is 1. The first-order chi connectivity index (χ1) is 10.8. The number of rotatable bonds is 8. The molecule has 0 bridgehead atoms. The fourth-order valence-corrected chi connectivity index (χ4v) is 2.69. The summed E-state index contributed by atoms with van der Waals surface area (Å²) < 4.78 is 28.2. The molecule has 0 fully saturated rings. The second-order valence-electron chi connectivity index (χ2n) is 5.66. The van der Waals surface area contributed by atoms with Gasteiger partial charge in [-0.3, -0.25) is 4.99 Å². The Morgan fingerprint density at radius 3 is 2.42 bits per heavy atom. The molecule has 1 rings (SSSR count). The fourth-order valence-electron chi connectivity index (χ4n) is 1.90. The molecular weight excluding hydrogens is 441 g/mol. The topological polar surface area (TPSA) is 79.8 Å². The highest BCUT2D eigenvalue weighted by atomic mass is 127. The van der Waals surface area contributed by atoms with Gasteiger partial charge in [-0.25, -0.2) is 8.42 Å². The molecule has 1 aromatic carbocycles. The summed E-state index contributed by atoms with van der Waals surface area (Å²) in [4.78, 5) is 4.14. The molecular formula is C16H28IN3O3S. The van der Waals surface area contributed by atoms with Gasteiger partial charge in [0, 0.05) is 19.3 Å². The second kappa shape index (κ2) is 11.5. The van der Waals surface area contributed by atoms with E-state index in [1.807, 2.05) is 44.2 Å². The van der Waals surface area contributed by atoms with Crippen molar-refractivity contribution < 1.29 is 13.2 Å². The highest BCUT2D eigenvalue weighted by molar-refractivity contribution is 14.0. The van der Waals surface area contributed by atoms with Gasteiger partial charge >= 0.3 is 0 Å². The molecule has 0 heterocycles. The van der Waals surface area contributed by atoms with E-state index < -0.39 is 9.84 Å². The fraction of sp³-hybridized carbons (Fsp3) is 0.562. The van der Waals surface area contributed by atoms with Crippen molar-refractivity contribution in [3.05, 3.63) is 30.3 Å². The molecule has 0 amide bonds. The highest BCUT2D eigenvalue weighted by Crippen LogP contribution is 2.10. The monoisotopic (exact) mass is 469 g/mol. The van der Waals surface area contributed by atoms with E-state index in [2.05, 4.69) is 15.6 Å². The number of para-hydroxylation sites is 1. The predicted octanol–water partition coefficient (Wildman–Crippen LogP) is 2.06. The highest BCUT2D eigenvalue weighted by Gasteiger charge is 2.10. The lowest BCUT2D eigenvalue weighted by atomic mass is 10.3. The molecule has 8 heteroatoms. The third-order valence-corrected chi connectivity index (χ3v) is 4.14. The van der Waals surface area contributed by atoms with Crippen molar-refractivity contribution in [3.63, 3.8) is 0 Å². The van der Waals surface area contributed by atoms with Crippen molar-refractivity contribution in [2.24, 2.45) is 4.99 Å². The van der Waals surface area contributed by atoms with Gasteiger partial charge in [0.05, 0.1) is 12.3 Å². The Balaban J connectivity index is 0.00000529. The first-order valence-corrected chi connectivity index (χ1v) is 9.73. The molecule has 0 spiro atoms. The SMILES string of the molecule is CN=C(NCC(C)Oc1ccccc1)NC(C)CCS(C)(=O)=O.I. The summed E-state index contributed by atoms with van der Waals surface area (Å²) in [7, 11) is -1.26. The van der Waals surface area contributed by atoms with Crippen LogP contribution in [0.1, 0.15) is 20.3 Å². The Hall–Kier alpha value is -1.03. The molecule has 2 N–H and O–H groups in total. The molecule has 1 aromatic rings. The zero-order valence-electron chi connectivity index (χ0n) is 14.7. The maximum absolute atomic E-state index is 11.2. The van der Waals surface area contributed by atoms with Crippen LogP contribution in [0.5, 0.6) is 5.75 Å². The average Bonchev–Trinajstić information content (AvgIpc) is 2.49. The first kappa shape index (κ1) is 23.0. The van der Waals surface area contributed by atoms with Gasteiger partial charge in [-0.05, 0) is 32.4 Å². The number of nitrogens with zero attached hydrogens (tertiary/aromatic N) is 1. The molecule has 24 heavy (non-hydrogen) atoms. The van der Waals surface area contributed by atoms with Crippen LogP contribution in [0.4, 0.5) is 0 Å². The standard InChI is InChI=1S/C16H27N3O3S.HI/c1-13(10-11-23(4,20)21)19-16(17-3)18-12-14(2)22-15-8-6-5-7-9-15;/h5-9,13-14H,10-12H2,1-4H3,(H2,17,18,19);1H. The van der Waals surface area contributed by atoms with Crippen molar-refractivity contribution in [2.45, 2.75) is 32.4 Å². The van der Waals surface area contributed by atoms with E-state index in [1.165, 1.54) is 6.26 Å². The van der Waals surface area contributed by atoms with E-state index in [9.17, 15) is 8.42 Å². The predicted molar refractivity (Wildman–Crippen MR) is 110 cm³/mol. The Bertz CT molecular complexity index is 594. The summed E-state index contributed by atoms with van der Waals surface area (Å²) in [6.07, 6.45) is 1.76. The quantitative estimate of drug-likeness (QED) is 0.346. The molecule has 2 atom stereocenters. The van der Waals surface area contributed by atoms with E-state index in [0.29, 0.717) is 18.9 Å². The Labute approximate surface area is 162 Å².